The Balaban J connectivity index is 2.33. The smallest absolute Gasteiger partial charge is 0.276 e. The normalized spacial score (nSPS) is 18.1. The van der Waals surface area contributed by atoms with Gasteiger partial charge in [0.15, 0.2) is 5.11 Å². The van der Waals surface area contributed by atoms with Crippen molar-refractivity contribution in [3.8, 4) is 0 Å². The fourth-order valence-corrected chi connectivity index (χ4v) is 2.10. The highest BCUT2D eigenvalue weighted by atomic mass is 32.1. The predicted octanol–water partition coefficient (Wildman–Crippen LogP) is 0.806. The molecule has 6 heteroatoms. The number of carbonyl (C=O) groups excluding carboxylic acids is 1. The van der Waals surface area contributed by atoms with Gasteiger partial charge in [-0.15, -0.1) is 0 Å². The number of nitrogens with zero attached hydrogens (tertiary/aromatic N) is 3. The largest absolute Gasteiger partial charge is 0.328 e. The zero-order valence-corrected chi connectivity index (χ0v) is 10.8. The Kier molecular flexibility index (Phi) is 2.97. The molecule has 1 saturated heterocycles. The van der Waals surface area contributed by atoms with Crippen molar-refractivity contribution < 1.29 is 4.79 Å². The van der Waals surface area contributed by atoms with Crippen molar-refractivity contribution in [3.05, 3.63) is 23.2 Å². The standard InChI is InChI=1S/C11H14N4OS/c1-4-15-10(16)9(12-11(15)17)5-8-6-14(3)13-7(8)2/h5-6H,4H2,1-3H3,(H,12,17). The lowest BCUT2D eigenvalue weighted by Crippen LogP contribution is -2.30. The molecular weight excluding hydrogens is 236 g/mol. The molecule has 90 valence electrons. The molecule has 0 saturated carbocycles. The van der Waals surface area contributed by atoms with E-state index in [-0.39, 0.29) is 5.91 Å². The highest BCUT2D eigenvalue weighted by molar-refractivity contribution is 7.80. The maximum atomic E-state index is 11.9. The molecule has 17 heavy (non-hydrogen) atoms. The van der Waals surface area contributed by atoms with Gasteiger partial charge >= 0.3 is 0 Å². The number of rotatable bonds is 2. The summed E-state index contributed by atoms with van der Waals surface area (Å²) in [5.41, 5.74) is 2.31. The molecule has 2 heterocycles. The number of aromatic nitrogens is 2. The summed E-state index contributed by atoms with van der Waals surface area (Å²) in [6.45, 7) is 4.37. The summed E-state index contributed by atoms with van der Waals surface area (Å²) >= 11 is 5.08. The Labute approximate surface area is 105 Å². The van der Waals surface area contributed by atoms with Gasteiger partial charge in [-0.3, -0.25) is 14.4 Å². The average Bonchev–Trinajstić information content (AvgIpc) is 2.69. The van der Waals surface area contributed by atoms with Crippen molar-refractivity contribution >= 4 is 29.3 Å². The first-order chi connectivity index (χ1) is 8.02. The van der Waals surface area contributed by atoms with Crippen LogP contribution in [0.15, 0.2) is 11.9 Å². The number of amides is 1. The Morgan fingerprint density at radius 1 is 1.59 bits per heavy atom. The lowest BCUT2D eigenvalue weighted by Gasteiger charge is -2.08. The average molecular weight is 250 g/mol. The molecular formula is C11H14N4OS. The van der Waals surface area contributed by atoms with Crippen molar-refractivity contribution in [3.63, 3.8) is 0 Å². The molecule has 1 fully saturated rings. The SMILES string of the molecule is CCN1C(=O)C(=Cc2cn(C)nc2C)NC1=S. The van der Waals surface area contributed by atoms with Crippen LogP contribution in [0, 0.1) is 6.92 Å². The van der Waals surface area contributed by atoms with E-state index >= 15 is 0 Å². The minimum atomic E-state index is -0.0826. The topological polar surface area (TPSA) is 50.2 Å². The maximum absolute atomic E-state index is 11.9. The van der Waals surface area contributed by atoms with E-state index in [1.807, 2.05) is 27.1 Å². The van der Waals surface area contributed by atoms with E-state index in [2.05, 4.69) is 10.4 Å². The van der Waals surface area contributed by atoms with Gasteiger partial charge in [0.2, 0.25) is 0 Å². The molecule has 1 aliphatic heterocycles. The van der Waals surface area contributed by atoms with Crippen LogP contribution in [0.4, 0.5) is 0 Å². The summed E-state index contributed by atoms with van der Waals surface area (Å²) in [6.07, 6.45) is 3.65. The molecule has 2 rings (SSSR count). The predicted molar refractivity (Wildman–Crippen MR) is 69.0 cm³/mol. The first kappa shape index (κ1) is 11.8. The number of hydrogen-bond acceptors (Lipinski definition) is 3. The number of aryl methyl sites for hydroxylation is 2. The van der Waals surface area contributed by atoms with E-state index in [4.69, 9.17) is 12.2 Å². The second-order valence-corrected chi connectivity index (χ2v) is 4.27. The van der Waals surface area contributed by atoms with Gasteiger partial charge in [-0.1, -0.05) is 0 Å². The molecule has 5 nitrogen and oxygen atoms in total. The van der Waals surface area contributed by atoms with Crippen LogP contribution < -0.4 is 5.32 Å². The van der Waals surface area contributed by atoms with Crippen LogP contribution in [-0.4, -0.2) is 32.2 Å². The Morgan fingerprint density at radius 2 is 2.29 bits per heavy atom. The molecule has 0 aliphatic carbocycles. The van der Waals surface area contributed by atoms with Gasteiger partial charge < -0.3 is 5.32 Å². The molecule has 1 amide bonds. The summed E-state index contributed by atoms with van der Waals surface area (Å²) in [5.74, 6) is -0.0826. The van der Waals surface area contributed by atoms with E-state index in [0.717, 1.165) is 11.3 Å². The summed E-state index contributed by atoms with van der Waals surface area (Å²) in [4.78, 5) is 13.5. The molecule has 0 aromatic carbocycles. The number of carbonyl (C=O) groups is 1. The van der Waals surface area contributed by atoms with E-state index < -0.39 is 0 Å². The third kappa shape index (κ3) is 2.08. The lowest BCUT2D eigenvalue weighted by molar-refractivity contribution is -0.122. The summed E-state index contributed by atoms with van der Waals surface area (Å²) in [6, 6.07) is 0. The van der Waals surface area contributed by atoms with Crippen LogP contribution in [0.1, 0.15) is 18.2 Å². The Hall–Kier alpha value is -1.69. The van der Waals surface area contributed by atoms with Gasteiger partial charge in [-0.2, -0.15) is 5.10 Å². The van der Waals surface area contributed by atoms with Crippen LogP contribution in [0.3, 0.4) is 0 Å². The summed E-state index contributed by atoms with van der Waals surface area (Å²) in [7, 11) is 1.85. The van der Waals surface area contributed by atoms with E-state index in [1.54, 1.807) is 10.8 Å². The van der Waals surface area contributed by atoms with Crippen LogP contribution >= 0.6 is 12.2 Å². The van der Waals surface area contributed by atoms with Crippen LogP contribution in [0.2, 0.25) is 0 Å². The third-order valence-electron chi connectivity index (χ3n) is 2.63. The lowest BCUT2D eigenvalue weighted by atomic mass is 10.2. The molecule has 0 bridgehead atoms. The van der Waals surface area contributed by atoms with Gasteiger partial charge in [-0.25, -0.2) is 0 Å². The van der Waals surface area contributed by atoms with Crippen molar-refractivity contribution in [1.29, 1.82) is 0 Å². The number of likely N-dealkylation sites (N-methyl/N-ethyl adjacent to an activating group) is 1. The van der Waals surface area contributed by atoms with Crippen molar-refractivity contribution in [2.24, 2.45) is 7.05 Å². The zero-order chi connectivity index (χ0) is 12.6. The second kappa shape index (κ2) is 4.29. The Bertz CT molecular complexity index is 518. The molecule has 0 unspecified atom stereocenters. The first-order valence-electron chi connectivity index (χ1n) is 5.37. The minimum absolute atomic E-state index is 0.0826. The van der Waals surface area contributed by atoms with Crippen LogP contribution in [-0.2, 0) is 11.8 Å². The summed E-state index contributed by atoms with van der Waals surface area (Å²) < 4.78 is 1.72. The molecule has 1 aromatic rings. The van der Waals surface area contributed by atoms with E-state index in [0.29, 0.717) is 17.4 Å². The van der Waals surface area contributed by atoms with E-state index in [9.17, 15) is 4.79 Å². The monoisotopic (exact) mass is 250 g/mol. The molecule has 1 aromatic heterocycles. The van der Waals surface area contributed by atoms with Crippen molar-refractivity contribution in [2.45, 2.75) is 13.8 Å². The van der Waals surface area contributed by atoms with Gasteiger partial charge in [0, 0.05) is 25.4 Å². The molecule has 0 radical (unpaired) electrons. The highest BCUT2D eigenvalue weighted by Crippen LogP contribution is 2.15. The summed E-state index contributed by atoms with van der Waals surface area (Å²) in [5, 5.41) is 7.61. The van der Waals surface area contributed by atoms with Gasteiger partial charge in [-0.05, 0) is 32.1 Å². The van der Waals surface area contributed by atoms with Crippen LogP contribution in [0.25, 0.3) is 6.08 Å². The number of hydrogen-bond donors (Lipinski definition) is 1. The zero-order valence-electron chi connectivity index (χ0n) is 10.0. The Morgan fingerprint density at radius 3 is 2.76 bits per heavy atom. The van der Waals surface area contributed by atoms with Crippen molar-refractivity contribution in [1.82, 2.24) is 20.0 Å². The van der Waals surface area contributed by atoms with Gasteiger partial charge in [0.1, 0.15) is 5.70 Å². The van der Waals surface area contributed by atoms with Gasteiger partial charge in [0.25, 0.3) is 5.91 Å². The quantitative estimate of drug-likeness (QED) is 0.623. The number of nitrogens with one attached hydrogen (secondary N) is 1. The fourth-order valence-electron chi connectivity index (χ4n) is 1.77. The maximum Gasteiger partial charge on any atom is 0.276 e. The third-order valence-corrected chi connectivity index (χ3v) is 2.95. The van der Waals surface area contributed by atoms with Crippen molar-refractivity contribution in [2.75, 3.05) is 6.54 Å². The second-order valence-electron chi connectivity index (χ2n) is 3.88. The molecule has 0 atom stereocenters. The van der Waals surface area contributed by atoms with Gasteiger partial charge in [0.05, 0.1) is 5.69 Å². The highest BCUT2D eigenvalue weighted by Gasteiger charge is 2.29. The minimum Gasteiger partial charge on any atom is -0.328 e. The fraction of sp³-hybridized carbons (Fsp3) is 0.364. The molecule has 0 spiro atoms. The molecule has 1 N–H and O–H groups in total. The van der Waals surface area contributed by atoms with Crippen LogP contribution in [0.5, 0.6) is 0 Å². The molecule has 1 aliphatic rings. The first-order valence-corrected chi connectivity index (χ1v) is 5.78. The van der Waals surface area contributed by atoms with E-state index in [1.165, 1.54) is 4.90 Å². The number of thiocarbonyl (C=S) groups is 1.